The van der Waals surface area contributed by atoms with Gasteiger partial charge >= 0.3 is 0 Å². The lowest BCUT2D eigenvalue weighted by Crippen LogP contribution is -1.97. The molecule has 0 saturated heterocycles. The van der Waals surface area contributed by atoms with Gasteiger partial charge < -0.3 is 0 Å². The summed E-state index contributed by atoms with van der Waals surface area (Å²) in [5.74, 6) is 1.38. The Morgan fingerprint density at radius 2 is 0.957 bits per heavy atom. The molecule has 222 valence electrons. The Hall–Kier alpha value is -6.26. The minimum absolute atomic E-state index is 0.673. The molecule has 0 fully saturated rings. The van der Waals surface area contributed by atoms with Gasteiger partial charge in [0.2, 0.25) is 0 Å². The first-order chi connectivity index (χ1) is 23.2. The first-order valence-corrected chi connectivity index (χ1v) is 15.7. The zero-order chi connectivity index (χ0) is 31.6. The molecule has 0 bridgehead atoms. The molecule has 8 rings (SSSR count). The number of hydrogen-bond acceptors (Lipinski definition) is 4. The summed E-state index contributed by atoms with van der Waals surface area (Å²) in [5.41, 5.74) is 11.1. The molecule has 0 radical (unpaired) electrons. The lowest BCUT2D eigenvalue weighted by atomic mass is 9.92. The first kappa shape index (κ1) is 28.2. The molecule has 2 aromatic heterocycles. The van der Waals surface area contributed by atoms with E-state index in [0.29, 0.717) is 11.6 Å². The van der Waals surface area contributed by atoms with Crippen LogP contribution >= 0.6 is 0 Å². The van der Waals surface area contributed by atoms with Crippen LogP contribution in [0.3, 0.4) is 0 Å². The Bertz CT molecular complexity index is 2300. The maximum absolute atomic E-state index is 5.18. The number of benzene rings is 6. The average molecular weight is 603 g/mol. The number of hydrogen-bond donors (Lipinski definition) is 0. The van der Waals surface area contributed by atoms with Crippen LogP contribution in [0, 0.1) is 6.92 Å². The van der Waals surface area contributed by atoms with Gasteiger partial charge in [0.25, 0.3) is 0 Å². The van der Waals surface area contributed by atoms with Gasteiger partial charge in [0.1, 0.15) is 0 Å². The van der Waals surface area contributed by atoms with Gasteiger partial charge in [-0.25, -0.2) is 19.9 Å². The molecule has 0 unspecified atom stereocenters. The molecular weight excluding hydrogens is 573 g/mol. The molecule has 0 aliphatic carbocycles. The Labute approximate surface area is 274 Å². The van der Waals surface area contributed by atoms with Crippen LogP contribution in [0.1, 0.15) is 5.69 Å². The first-order valence-electron chi connectivity index (χ1n) is 15.7. The van der Waals surface area contributed by atoms with E-state index in [1.165, 1.54) is 10.8 Å². The molecule has 0 saturated carbocycles. The number of nitrogens with zero attached hydrogens (tertiary/aromatic N) is 4. The van der Waals surface area contributed by atoms with Gasteiger partial charge in [0, 0.05) is 34.1 Å². The summed E-state index contributed by atoms with van der Waals surface area (Å²) in [7, 11) is 0. The lowest BCUT2D eigenvalue weighted by Gasteiger charge is -2.14. The molecule has 6 aromatic carbocycles. The standard InChI is InChI=1S/C43H30N4/c1-29-22-23-44-42(45-29)34-19-10-18-33(24-34)35-25-36(39-21-11-17-30-12-8-9-20-38(30)39)27-37(26-35)43-46-40(31-13-4-2-5-14-31)28-41(47-43)32-15-6-3-7-16-32/h2-28H,1H3. The predicted molar refractivity (Wildman–Crippen MR) is 192 cm³/mol. The average Bonchev–Trinajstić information content (AvgIpc) is 3.15. The second-order valence-corrected chi connectivity index (χ2v) is 11.6. The van der Waals surface area contributed by atoms with Crippen molar-refractivity contribution < 1.29 is 0 Å². The summed E-state index contributed by atoms with van der Waals surface area (Å²) >= 11 is 0. The fraction of sp³-hybridized carbons (Fsp3) is 0.0233. The van der Waals surface area contributed by atoms with Crippen molar-refractivity contribution in [2.45, 2.75) is 6.92 Å². The van der Waals surface area contributed by atoms with E-state index >= 15 is 0 Å². The molecule has 0 aliphatic rings. The van der Waals surface area contributed by atoms with Crippen molar-refractivity contribution in [2.75, 3.05) is 0 Å². The van der Waals surface area contributed by atoms with E-state index in [9.17, 15) is 0 Å². The van der Waals surface area contributed by atoms with Crippen LogP contribution in [0.15, 0.2) is 164 Å². The van der Waals surface area contributed by atoms with Crippen LogP contribution < -0.4 is 0 Å². The minimum atomic E-state index is 0.673. The van der Waals surface area contributed by atoms with E-state index in [2.05, 4.69) is 125 Å². The Morgan fingerprint density at radius 3 is 1.70 bits per heavy atom. The third kappa shape index (κ3) is 5.81. The molecule has 47 heavy (non-hydrogen) atoms. The topological polar surface area (TPSA) is 51.6 Å². The van der Waals surface area contributed by atoms with Crippen molar-refractivity contribution in [1.82, 2.24) is 19.9 Å². The second-order valence-electron chi connectivity index (χ2n) is 11.6. The van der Waals surface area contributed by atoms with E-state index in [4.69, 9.17) is 9.97 Å². The highest BCUT2D eigenvalue weighted by Crippen LogP contribution is 2.37. The molecule has 4 heteroatoms. The zero-order valence-electron chi connectivity index (χ0n) is 25.9. The number of rotatable bonds is 6. The lowest BCUT2D eigenvalue weighted by molar-refractivity contribution is 1.11. The predicted octanol–water partition coefficient (Wildman–Crippen LogP) is 10.7. The van der Waals surface area contributed by atoms with Crippen LogP contribution in [-0.2, 0) is 0 Å². The zero-order valence-corrected chi connectivity index (χ0v) is 25.9. The minimum Gasteiger partial charge on any atom is -0.237 e. The van der Waals surface area contributed by atoms with Gasteiger partial charge in [-0.1, -0.05) is 121 Å². The van der Waals surface area contributed by atoms with E-state index in [0.717, 1.165) is 61.6 Å². The summed E-state index contributed by atoms with van der Waals surface area (Å²) in [4.78, 5) is 19.6. The summed E-state index contributed by atoms with van der Waals surface area (Å²) in [6.45, 7) is 1.99. The van der Waals surface area contributed by atoms with Crippen molar-refractivity contribution >= 4 is 10.8 Å². The van der Waals surface area contributed by atoms with E-state index in [1.807, 2.05) is 55.6 Å². The van der Waals surface area contributed by atoms with Crippen LogP contribution in [0.4, 0.5) is 0 Å². The van der Waals surface area contributed by atoms with Gasteiger partial charge in [-0.2, -0.15) is 0 Å². The van der Waals surface area contributed by atoms with Gasteiger partial charge in [-0.15, -0.1) is 0 Å². The maximum atomic E-state index is 5.18. The quantitative estimate of drug-likeness (QED) is 0.190. The van der Waals surface area contributed by atoms with Crippen molar-refractivity contribution in [1.29, 1.82) is 0 Å². The number of aromatic nitrogens is 4. The molecule has 0 amide bonds. The SMILES string of the molecule is Cc1ccnc(-c2cccc(-c3cc(-c4nc(-c5ccccc5)cc(-c5ccccc5)n4)cc(-c4cccc5ccccc45)c3)c2)n1. The van der Waals surface area contributed by atoms with E-state index in [-0.39, 0.29) is 0 Å². The van der Waals surface area contributed by atoms with Gasteiger partial charge in [0.05, 0.1) is 11.4 Å². The van der Waals surface area contributed by atoms with Crippen LogP contribution in [0.2, 0.25) is 0 Å². The van der Waals surface area contributed by atoms with Gasteiger partial charge in [-0.3, -0.25) is 0 Å². The Balaban J connectivity index is 1.36. The fourth-order valence-corrected chi connectivity index (χ4v) is 6.07. The van der Waals surface area contributed by atoms with Gasteiger partial charge in [0.15, 0.2) is 11.6 Å². The molecule has 0 spiro atoms. The van der Waals surface area contributed by atoms with Crippen LogP contribution in [0.5, 0.6) is 0 Å². The summed E-state index contributed by atoms with van der Waals surface area (Å²) in [6, 6.07) is 54.7. The fourth-order valence-electron chi connectivity index (χ4n) is 6.07. The molecule has 0 aliphatic heterocycles. The van der Waals surface area contributed by atoms with Crippen molar-refractivity contribution in [3.63, 3.8) is 0 Å². The molecular formula is C43H30N4. The van der Waals surface area contributed by atoms with E-state index in [1.54, 1.807) is 0 Å². The molecule has 0 atom stereocenters. The highest BCUT2D eigenvalue weighted by Gasteiger charge is 2.15. The normalized spacial score (nSPS) is 11.1. The van der Waals surface area contributed by atoms with Gasteiger partial charge in [-0.05, 0) is 76.3 Å². The summed E-state index contributed by atoms with van der Waals surface area (Å²) < 4.78 is 0. The molecule has 0 N–H and O–H groups in total. The Kier molecular flexibility index (Phi) is 7.37. The molecule has 8 aromatic rings. The van der Waals surface area contributed by atoms with Crippen molar-refractivity contribution in [3.8, 4) is 67.5 Å². The highest BCUT2D eigenvalue weighted by atomic mass is 14.9. The second kappa shape index (κ2) is 12.3. The van der Waals surface area contributed by atoms with Crippen molar-refractivity contribution in [3.05, 3.63) is 170 Å². The highest BCUT2D eigenvalue weighted by molar-refractivity contribution is 5.98. The number of fused-ring (bicyclic) bond motifs is 1. The Morgan fingerprint density at radius 1 is 0.383 bits per heavy atom. The summed E-state index contributed by atoms with van der Waals surface area (Å²) in [6.07, 6.45) is 1.81. The summed E-state index contributed by atoms with van der Waals surface area (Å²) in [5, 5.41) is 2.40. The number of aryl methyl sites for hydroxylation is 1. The smallest absolute Gasteiger partial charge is 0.160 e. The molecule has 2 heterocycles. The third-order valence-electron chi connectivity index (χ3n) is 8.41. The van der Waals surface area contributed by atoms with Crippen LogP contribution in [-0.4, -0.2) is 19.9 Å². The van der Waals surface area contributed by atoms with Crippen molar-refractivity contribution in [2.24, 2.45) is 0 Å². The molecule has 4 nitrogen and oxygen atoms in total. The van der Waals surface area contributed by atoms with Crippen LogP contribution in [0.25, 0.3) is 78.3 Å². The largest absolute Gasteiger partial charge is 0.237 e. The maximum Gasteiger partial charge on any atom is 0.160 e. The van der Waals surface area contributed by atoms with E-state index < -0.39 is 0 Å². The monoisotopic (exact) mass is 602 g/mol. The third-order valence-corrected chi connectivity index (χ3v) is 8.41.